The molecule has 1 fully saturated rings. The van der Waals surface area contributed by atoms with Crippen molar-refractivity contribution in [1.29, 1.82) is 0 Å². The average molecular weight is 565 g/mol. The minimum Gasteiger partial charge on any atom is -0.497 e. The quantitative estimate of drug-likeness (QED) is 0.294. The Balaban J connectivity index is 1.28. The number of fused-ring (bicyclic) bond motifs is 1. The third-order valence-electron chi connectivity index (χ3n) is 6.67. The number of imidazole rings is 1. The standard InChI is InChI=1S/C27H25ClN6O4S/c1-37-21-6-2-4-18(16-21)24-25(34-14-15-38-27(34)32-24)23-11-12-29-26(31-23)30-20-5-3-13-33(17-20)39(35,36)22-9-7-19(28)8-10-22/h2,4,6-12,14-16,20H,3,5,13,17H2,1H3,(H,29,30,31)/t20-/m1/s1. The van der Waals surface area contributed by atoms with E-state index in [9.17, 15) is 8.42 Å². The van der Waals surface area contributed by atoms with Gasteiger partial charge in [-0.1, -0.05) is 23.7 Å². The highest BCUT2D eigenvalue weighted by molar-refractivity contribution is 7.89. The highest BCUT2D eigenvalue weighted by Crippen LogP contribution is 2.34. The number of aromatic nitrogens is 4. The Morgan fingerprint density at radius 1 is 1.13 bits per heavy atom. The molecule has 12 heteroatoms. The number of ether oxygens (including phenoxy) is 1. The minimum atomic E-state index is -3.65. The molecule has 1 aliphatic heterocycles. The van der Waals surface area contributed by atoms with E-state index in [1.807, 2.05) is 34.7 Å². The smallest absolute Gasteiger partial charge is 0.306 e. The van der Waals surface area contributed by atoms with Gasteiger partial charge in [-0.3, -0.25) is 4.40 Å². The lowest BCUT2D eigenvalue weighted by atomic mass is 10.1. The molecular weight excluding hydrogens is 540 g/mol. The Bertz CT molecular complexity index is 1730. The van der Waals surface area contributed by atoms with Gasteiger partial charge in [0, 0.05) is 42.1 Å². The largest absolute Gasteiger partial charge is 0.497 e. The van der Waals surface area contributed by atoms with E-state index in [-0.39, 0.29) is 10.9 Å². The number of benzene rings is 2. The van der Waals surface area contributed by atoms with Crippen molar-refractivity contribution in [2.45, 2.75) is 23.8 Å². The maximum Gasteiger partial charge on any atom is 0.306 e. The molecule has 2 aromatic carbocycles. The average Bonchev–Trinajstić information content (AvgIpc) is 3.55. The molecule has 39 heavy (non-hydrogen) atoms. The molecule has 6 rings (SSSR count). The van der Waals surface area contributed by atoms with Gasteiger partial charge in [-0.05, 0) is 55.3 Å². The van der Waals surface area contributed by atoms with Gasteiger partial charge in [0.05, 0.1) is 17.7 Å². The predicted molar refractivity (Wildman–Crippen MR) is 147 cm³/mol. The molecule has 1 atom stereocenters. The number of nitrogens with one attached hydrogen (secondary N) is 1. The second-order valence-electron chi connectivity index (χ2n) is 9.16. The van der Waals surface area contributed by atoms with E-state index in [0.717, 1.165) is 17.7 Å². The number of methoxy groups -OCH3 is 1. The summed E-state index contributed by atoms with van der Waals surface area (Å²) < 4.78 is 40.7. The van der Waals surface area contributed by atoms with E-state index in [1.165, 1.54) is 16.4 Å². The third kappa shape index (κ3) is 4.96. The summed E-state index contributed by atoms with van der Waals surface area (Å²) in [4.78, 5) is 14.1. The molecule has 1 saturated heterocycles. The van der Waals surface area contributed by atoms with Gasteiger partial charge in [-0.25, -0.2) is 18.4 Å². The number of sulfonamides is 1. The summed E-state index contributed by atoms with van der Waals surface area (Å²) in [7, 11) is -2.03. The van der Waals surface area contributed by atoms with E-state index in [2.05, 4.69) is 15.3 Å². The fourth-order valence-electron chi connectivity index (χ4n) is 4.78. The van der Waals surface area contributed by atoms with E-state index >= 15 is 0 Å². The monoisotopic (exact) mass is 564 g/mol. The van der Waals surface area contributed by atoms with Crippen LogP contribution in [-0.4, -0.2) is 58.3 Å². The fraction of sp³-hybridized carbons (Fsp3) is 0.222. The van der Waals surface area contributed by atoms with Crippen LogP contribution in [0.15, 0.2) is 82.6 Å². The summed E-state index contributed by atoms with van der Waals surface area (Å²) >= 11 is 5.95. The number of nitrogens with zero attached hydrogens (tertiary/aromatic N) is 5. The van der Waals surface area contributed by atoms with Crippen LogP contribution in [-0.2, 0) is 10.0 Å². The number of halogens is 1. The Hall–Kier alpha value is -3.93. The van der Waals surface area contributed by atoms with Crippen LogP contribution in [0.2, 0.25) is 5.02 Å². The molecule has 4 heterocycles. The molecule has 10 nitrogen and oxygen atoms in total. The molecule has 1 N–H and O–H groups in total. The van der Waals surface area contributed by atoms with Gasteiger partial charge in [0.15, 0.2) is 0 Å². The molecule has 200 valence electrons. The van der Waals surface area contributed by atoms with Gasteiger partial charge in [-0.15, -0.1) is 0 Å². The maximum atomic E-state index is 13.2. The lowest BCUT2D eigenvalue weighted by Gasteiger charge is -2.32. The van der Waals surface area contributed by atoms with Crippen LogP contribution in [0.5, 0.6) is 5.75 Å². The van der Waals surface area contributed by atoms with Gasteiger partial charge >= 0.3 is 5.84 Å². The number of hydrogen-bond acceptors (Lipinski definition) is 8. The van der Waals surface area contributed by atoms with Gasteiger partial charge in [-0.2, -0.15) is 9.29 Å². The van der Waals surface area contributed by atoms with Crippen molar-refractivity contribution in [3.8, 4) is 28.4 Å². The van der Waals surface area contributed by atoms with Crippen molar-refractivity contribution in [2.24, 2.45) is 0 Å². The Morgan fingerprint density at radius 2 is 1.97 bits per heavy atom. The summed E-state index contributed by atoms with van der Waals surface area (Å²) in [5.41, 5.74) is 2.93. The van der Waals surface area contributed by atoms with E-state index in [4.69, 9.17) is 25.7 Å². The first-order valence-corrected chi connectivity index (χ1v) is 14.2. The van der Waals surface area contributed by atoms with Crippen molar-refractivity contribution in [3.05, 3.63) is 78.3 Å². The van der Waals surface area contributed by atoms with Gasteiger partial charge < -0.3 is 14.5 Å². The van der Waals surface area contributed by atoms with Crippen LogP contribution in [0, 0.1) is 0 Å². The third-order valence-corrected chi connectivity index (χ3v) is 8.80. The second-order valence-corrected chi connectivity index (χ2v) is 11.5. The summed E-state index contributed by atoms with van der Waals surface area (Å²) in [6, 6.07) is 15.5. The highest BCUT2D eigenvalue weighted by Gasteiger charge is 2.31. The number of anilines is 1. The number of rotatable bonds is 7. The molecule has 1 aliphatic rings. The lowest BCUT2D eigenvalue weighted by molar-refractivity contribution is 0.326. The molecular formula is C27H25ClN6O4S. The maximum absolute atomic E-state index is 13.2. The zero-order valence-corrected chi connectivity index (χ0v) is 22.6. The number of oxazole rings is 1. The molecule has 5 aromatic rings. The molecule has 0 aliphatic carbocycles. The molecule has 0 amide bonds. The first kappa shape index (κ1) is 25.4. The predicted octanol–water partition coefficient (Wildman–Crippen LogP) is 4.98. The normalized spacial score (nSPS) is 16.4. The van der Waals surface area contributed by atoms with E-state index in [0.29, 0.717) is 53.5 Å². The zero-order chi connectivity index (χ0) is 27.0. The van der Waals surface area contributed by atoms with Crippen molar-refractivity contribution in [3.63, 3.8) is 0 Å². The van der Waals surface area contributed by atoms with E-state index < -0.39 is 10.0 Å². The summed E-state index contributed by atoms with van der Waals surface area (Å²) in [6.07, 6.45) is 6.53. The van der Waals surface area contributed by atoms with Crippen LogP contribution in [0.25, 0.3) is 28.5 Å². The van der Waals surface area contributed by atoms with Crippen LogP contribution >= 0.6 is 11.6 Å². The van der Waals surface area contributed by atoms with Gasteiger partial charge in [0.1, 0.15) is 23.4 Å². The molecule has 3 aromatic heterocycles. The SMILES string of the molecule is COc1cccc(-c2nc3occn3c2-c2ccnc(N[C@@H]3CCCN(S(=O)(=O)c4ccc(Cl)cc4)C3)n2)c1. The number of hydrogen-bond donors (Lipinski definition) is 1. The highest BCUT2D eigenvalue weighted by atomic mass is 35.5. The minimum absolute atomic E-state index is 0.159. The van der Waals surface area contributed by atoms with Gasteiger partial charge in [0.25, 0.3) is 0 Å². The molecule has 0 radical (unpaired) electrons. The summed E-state index contributed by atoms with van der Waals surface area (Å²) in [5.74, 6) is 1.55. The summed E-state index contributed by atoms with van der Waals surface area (Å²) in [5, 5.41) is 3.83. The van der Waals surface area contributed by atoms with Crippen molar-refractivity contribution >= 4 is 33.4 Å². The molecule has 0 spiro atoms. The molecule has 0 unspecified atom stereocenters. The lowest BCUT2D eigenvalue weighted by Crippen LogP contribution is -2.45. The van der Waals surface area contributed by atoms with Crippen molar-refractivity contribution < 1.29 is 17.6 Å². The molecule has 0 bridgehead atoms. The van der Waals surface area contributed by atoms with Crippen LogP contribution < -0.4 is 10.1 Å². The Kier molecular flexibility index (Phi) is 6.71. The Labute approximate surface area is 230 Å². The van der Waals surface area contributed by atoms with Crippen LogP contribution in [0.3, 0.4) is 0 Å². The van der Waals surface area contributed by atoms with Crippen LogP contribution in [0.1, 0.15) is 12.8 Å². The molecule has 0 saturated carbocycles. The van der Waals surface area contributed by atoms with Gasteiger partial charge in [0.2, 0.25) is 16.0 Å². The summed E-state index contributed by atoms with van der Waals surface area (Å²) in [6.45, 7) is 0.745. The first-order chi connectivity index (χ1) is 18.9. The van der Waals surface area contributed by atoms with Crippen molar-refractivity contribution in [1.82, 2.24) is 23.7 Å². The topological polar surface area (TPSA) is 115 Å². The fourth-order valence-corrected chi connectivity index (χ4v) is 6.43. The Morgan fingerprint density at radius 3 is 2.79 bits per heavy atom. The first-order valence-electron chi connectivity index (χ1n) is 12.4. The number of piperidine rings is 1. The zero-order valence-electron chi connectivity index (χ0n) is 21.0. The van der Waals surface area contributed by atoms with E-state index in [1.54, 1.807) is 37.9 Å². The second kappa shape index (κ2) is 10.3. The van der Waals surface area contributed by atoms with Crippen LogP contribution in [0.4, 0.5) is 5.95 Å². The van der Waals surface area contributed by atoms with Crippen molar-refractivity contribution in [2.75, 3.05) is 25.5 Å².